The van der Waals surface area contributed by atoms with E-state index in [2.05, 4.69) is 55.3 Å². The van der Waals surface area contributed by atoms with Crippen LogP contribution in [0, 0.1) is 5.92 Å². The van der Waals surface area contributed by atoms with Crippen molar-refractivity contribution in [3.05, 3.63) is 35.4 Å². The van der Waals surface area contributed by atoms with Crippen LogP contribution in [-0.4, -0.2) is 30.6 Å². The third-order valence-electron chi connectivity index (χ3n) is 4.68. The van der Waals surface area contributed by atoms with Gasteiger partial charge in [-0.05, 0) is 43.0 Å². The summed E-state index contributed by atoms with van der Waals surface area (Å²) in [6.07, 6.45) is 3.78. The average Bonchev–Trinajstić information content (AvgIpc) is 2.67. The van der Waals surface area contributed by atoms with Crippen molar-refractivity contribution in [3.8, 4) is 0 Å². The molecule has 1 aliphatic rings. The number of hydrogen-bond donors (Lipinski definition) is 1. The van der Waals surface area contributed by atoms with Crippen LogP contribution in [0.1, 0.15) is 44.7 Å². The Morgan fingerprint density at radius 1 is 1.20 bits per heavy atom. The molecule has 112 valence electrons. The predicted molar refractivity (Wildman–Crippen MR) is 87.0 cm³/mol. The number of rotatable bonds is 6. The molecule has 2 nitrogen and oxygen atoms in total. The number of benzene rings is 1. The predicted octanol–water partition coefficient (Wildman–Crippen LogP) is 3.46. The quantitative estimate of drug-likeness (QED) is 0.854. The third-order valence-corrected chi connectivity index (χ3v) is 4.68. The summed E-state index contributed by atoms with van der Waals surface area (Å²) in [5.74, 6) is 0.744. The fraction of sp³-hybridized carbons (Fsp3) is 0.667. The first-order valence-corrected chi connectivity index (χ1v) is 8.27. The van der Waals surface area contributed by atoms with Gasteiger partial charge in [0, 0.05) is 19.1 Å². The van der Waals surface area contributed by atoms with Crippen molar-refractivity contribution in [2.24, 2.45) is 5.92 Å². The molecule has 1 aliphatic heterocycles. The minimum Gasteiger partial charge on any atom is -0.313 e. The number of aryl methyl sites for hydroxylation is 1. The highest BCUT2D eigenvalue weighted by molar-refractivity contribution is 5.28. The Hall–Kier alpha value is -0.860. The third kappa shape index (κ3) is 4.07. The average molecular weight is 274 g/mol. The van der Waals surface area contributed by atoms with Crippen molar-refractivity contribution >= 4 is 0 Å². The first-order valence-electron chi connectivity index (χ1n) is 8.27. The molecular weight excluding hydrogens is 244 g/mol. The summed E-state index contributed by atoms with van der Waals surface area (Å²) in [4.78, 5) is 2.64. The number of hydrogen-bond acceptors (Lipinski definition) is 2. The Kier molecular flexibility index (Phi) is 6.06. The number of likely N-dealkylation sites (N-methyl/N-ethyl adjacent to an activating group) is 1. The fourth-order valence-electron chi connectivity index (χ4n) is 3.20. The van der Waals surface area contributed by atoms with E-state index in [1.165, 1.54) is 37.9 Å². The molecule has 1 heterocycles. The zero-order chi connectivity index (χ0) is 14.4. The smallest absolute Gasteiger partial charge is 0.0237 e. The van der Waals surface area contributed by atoms with E-state index in [-0.39, 0.29) is 0 Å². The molecule has 2 heteroatoms. The zero-order valence-electron chi connectivity index (χ0n) is 13.4. The molecule has 2 unspecified atom stereocenters. The van der Waals surface area contributed by atoms with E-state index in [0.717, 1.165) is 19.0 Å². The van der Waals surface area contributed by atoms with Gasteiger partial charge in [0.1, 0.15) is 0 Å². The summed E-state index contributed by atoms with van der Waals surface area (Å²) in [7, 11) is 0. The van der Waals surface area contributed by atoms with Crippen LogP contribution >= 0.6 is 0 Å². The maximum Gasteiger partial charge on any atom is 0.0237 e. The highest BCUT2D eigenvalue weighted by atomic mass is 15.1. The van der Waals surface area contributed by atoms with Crippen molar-refractivity contribution in [2.45, 2.75) is 52.6 Å². The van der Waals surface area contributed by atoms with E-state index < -0.39 is 0 Å². The Morgan fingerprint density at radius 3 is 2.65 bits per heavy atom. The van der Waals surface area contributed by atoms with Gasteiger partial charge in [-0.2, -0.15) is 0 Å². The SMILES string of the molecule is CCNC(CN1CCCc2ccccc2C1)C(C)CC. The molecule has 0 radical (unpaired) electrons. The van der Waals surface area contributed by atoms with E-state index in [1.54, 1.807) is 5.56 Å². The Morgan fingerprint density at radius 2 is 1.95 bits per heavy atom. The second-order valence-corrected chi connectivity index (χ2v) is 6.16. The summed E-state index contributed by atoms with van der Waals surface area (Å²) in [5.41, 5.74) is 3.09. The molecule has 0 saturated heterocycles. The Bertz CT molecular complexity index is 402. The van der Waals surface area contributed by atoms with Crippen molar-refractivity contribution in [3.63, 3.8) is 0 Å². The summed E-state index contributed by atoms with van der Waals surface area (Å²) < 4.78 is 0. The molecule has 1 aromatic carbocycles. The Labute approximate surface area is 124 Å². The molecule has 0 aromatic heterocycles. The van der Waals surface area contributed by atoms with Gasteiger partial charge in [-0.15, -0.1) is 0 Å². The first kappa shape index (κ1) is 15.5. The van der Waals surface area contributed by atoms with Gasteiger partial charge < -0.3 is 5.32 Å². The summed E-state index contributed by atoms with van der Waals surface area (Å²) >= 11 is 0. The minimum absolute atomic E-state index is 0.621. The van der Waals surface area contributed by atoms with Gasteiger partial charge in [0.05, 0.1) is 0 Å². The van der Waals surface area contributed by atoms with Gasteiger partial charge in [-0.25, -0.2) is 0 Å². The number of nitrogens with zero attached hydrogens (tertiary/aromatic N) is 1. The van der Waals surface area contributed by atoms with Crippen LogP contribution in [0.15, 0.2) is 24.3 Å². The molecule has 0 fully saturated rings. The monoisotopic (exact) mass is 274 g/mol. The van der Waals surface area contributed by atoms with Gasteiger partial charge in [0.2, 0.25) is 0 Å². The van der Waals surface area contributed by atoms with Crippen molar-refractivity contribution in [1.82, 2.24) is 10.2 Å². The molecule has 1 N–H and O–H groups in total. The molecule has 0 saturated carbocycles. The van der Waals surface area contributed by atoms with Gasteiger partial charge in [-0.3, -0.25) is 4.90 Å². The molecule has 0 spiro atoms. The molecule has 0 amide bonds. The maximum absolute atomic E-state index is 3.68. The molecule has 2 atom stereocenters. The highest BCUT2D eigenvalue weighted by Gasteiger charge is 2.20. The van der Waals surface area contributed by atoms with Crippen LogP contribution in [0.3, 0.4) is 0 Å². The number of nitrogens with one attached hydrogen (secondary N) is 1. The Balaban J connectivity index is 2.01. The van der Waals surface area contributed by atoms with Crippen LogP contribution in [0.5, 0.6) is 0 Å². The van der Waals surface area contributed by atoms with E-state index in [0.29, 0.717) is 6.04 Å². The molecule has 20 heavy (non-hydrogen) atoms. The highest BCUT2D eigenvalue weighted by Crippen LogP contribution is 2.19. The molecule has 2 rings (SSSR count). The summed E-state index contributed by atoms with van der Waals surface area (Å²) in [5, 5.41) is 3.68. The van der Waals surface area contributed by atoms with Gasteiger partial charge in [-0.1, -0.05) is 51.5 Å². The lowest BCUT2D eigenvalue weighted by molar-refractivity contribution is 0.207. The van der Waals surface area contributed by atoms with Gasteiger partial charge in [0.25, 0.3) is 0 Å². The van der Waals surface area contributed by atoms with Crippen molar-refractivity contribution in [2.75, 3.05) is 19.6 Å². The second kappa shape index (κ2) is 7.80. The van der Waals surface area contributed by atoms with Crippen molar-refractivity contribution in [1.29, 1.82) is 0 Å². The lowest BCUT2D eigenvalue weighted by Crippen LogP contribution is -2.44. The largest absolute Gasteiger partial charge is 0.313 e. The van der Waals surface area contributed by atoms with Crippen LogP contribution < -0.4 is 5.32 Å². The molecule has 0 bridgehead atoms. The van der Waals surface area contributed by atoms with Crippen LogP contribution in [0.4, 0.5) is 0 Å². The van der Waals surface area contributed by atoms with Gasteiger partial charge >= 0.3 is 0 Å². The van der Waals surface area contributed by atoms with Crippen LogP contribution in [0.25, 0.3) is 0 Å². The molecular formula is C18H30N2. The zero-order valence-corrected chi connectivity index (χ0v) is 13.4. The topological polar surface area (TPSA) is 15.3 Å². The lowest BCUT2D eigenvalue weighted by Gasteiger charge is -2.30. The fourth-order valence-corrected chi connectivity index (χ4v) is 3.20. The van der Waals surface area contributed by atoms with E-state index in [1.807, 2.05) is 0 Å². The molecule has 0 aliphatic carbocycles. The van der Waals surface area contributed by atoms with E-state index >= 15 is 0 Å². The van der Waals surface area contributed by atoms with E-state index in [9.17, 15) is 0 Å². The van der Waals surface area contributed by atoms with E-state index in [4.69, 9.17) is 0 Å². The normalized spacial score (nSPS) is 19.1. The van der Waals surface area contributed by atoms with Gasteiger partial charge in [0.15, 0.2) is 0 Å². The van der Waals surface area contributed by atoms with Crippen molar-refractivity contribution < 1.29 is 0 Å². The lowest BCUT2D eigenvalue weighted by atomic mass is 9.98. The minimum atomic E-state index is 0.621. The second-order valence-electron chi connectivity index (χ2n) is 6.16. The summed E-state index contributed by atoms with van der Waals surface area (Å²) in [6.45, 7) is 11.5. The van der Waals surface area contributed by atoms with Crippen LogP contribution in [0.2, 0.25) is 0 Å². The van der Waals surface area contributed by atoms with Crippen LogP contribution in [-0.2, 0) is 13.0 Å². The standard InChI is InChI=1S/C18H30N2/c1-4-15(3)18(19-5-2)14-20-12-8-11-16-9-6-7-10-17(16)13-20/h6-7,9-10,15,18-19H,4-5,8,11-14H2,1-3H3. The molecule has 1 aromatic rings. The number of fused-ring (bicyclic) bond motifs is 1. The first-order chi connectivity index (χ1) is 9.74. The summed E-state index contributed by atoms with van der Waals surface area (Å²) in [6, 6.07) is 9.58. The maximum atomic E-state index is 3.68.